The second-order valence-electron chi connectivity index (χ2n) is 3.12. The summed E-state index contributed by atoms with van der Waals surface area (Å²) in [7, 11) is 0. The lowest BCUT2D eigenvalue weighted by Gasteiger charge is -2.37. The molecule has 0 heterocycles. The molecule has 0 saturated heterocycles. The van der Waals surface area contributed by atoms with Crippen LogP contribution in [-0.2, 0) is 9.59 Å². The molecule has 5 heteroatoms. The molecule has 0 radical (unpaired) electrons. The molecule has 13 heavy (non-hydrogen) atoms. The monoisotopic (exact) mass is 182 g/mol. The molecule has 0 unspecified atom stereocenters. The maximum atomic E-state index is 11.0. The number of carboxylic acids is 1. The van der Waals surface area contributed by atoms with Gasteiger partial charge in [-0.15, -0.1) is 0 Å². The number of nitrogens with one attached hydrogen (secondary N) is 1. The fourth-order valence-corrected chi connectivity index (χ4v) is 1.31. The van der Waals surface area contributed by atoms with Crippen molar-refractivity contribution in [3.63, 3.8) is 0 Å². The van der Waals surface area contributed by atoms with E-state index in [-0.39, 0.29) is 6.42 Å². The molecule has 0 atom stereocenters. The molecule has 1 rings (SSSR count). The molecule has 0 aromatic heterocycles. The predicted octanol–water partition coefficient (Wildman–Crippen LogP) is 0.0236. The van der Waals surface area contributed by atoms with Crippen molar-refractivity contribution in [2.24, 2.45) is 0 Å². The zero-order valence-electron chi connectivity index (χ0n) is 7.04. The number of nitrogens with zero attached hydrogens (tertiary/aromatic N) is 1. The number of hydrogen-bond acceptors (Lipinski definition) is 3. The maximum absolute atomic E-state index is 11.0. The zero-order valence-corrected chi connectivity index (χ0v) is 7.04. The van der Waals surface area contributed by atoms with Gasteiger partial charge in [0.15, 0.2) is 0 Å². The first-order valence-corrected chi connectivity index (χ1v) is 4.02. The highest BCUT2D eigenvalue weighted by Gasteiger charge is 2.45. The molecule has 1 fully saturated rings. The summed E-state index contributed by atoms with van der Waals surface area (Å²) < 4.78 is 0. The van der Waals surface area contributed by atoms with Gasteiger partial charge in [-0.1, -0.05) is 0 Å². The largest absolute Gasteiger partial charge is 0.480 e. The molecule has 1 saturated carbocycles. The van der Waals surface area contributed by atoms with Crippen molar-refractivity contribution in [2.45, 2.75) is 31.2 Å². The van der Waals surface area contributed by atoms with Crippen molar-refractivity contribution < 1.29 is 14.7 Å². The second kappa shape index (κ2) is 3.44. The SMILES string of the molecule is N#CCC(=O)NC1(C(=O)O)CCC1. The van der Waals surface area contributed by atoms with Gasteiger partial charge in [0.25, 0.3) is 0 Å². The van der Waals surface area contributed by atoms with Gasteiger partial charge in [0.05, 0.1) is 6.07 Å². The standard InChI is InChI=1S/C8H10N2O3/c9-5-2-6(11)10-8(7(12)13)3-1-4-8/h1-4H2,(H,10,11)(H,12,13). The van der Waals surface area contributed by atoms with Crippen LogP contribution in [0.5, 0.6) is 0 Å². The van der Waals surface area contributed by atoms with Crippen LogP contribution < -0.4 is 5.32 Å². The lowest BCUT2D eigenvalue weighted by molar-refractivity contribution is -0.151. The summed E-state index contributed by atoms with van der Waals surface area (Å²) in [4.78, 5) is 21.7. The number of nitriles is 1. The molecule has 1 amide bonds. The predicted molar refractivity (Wildman–Crippen MR) is 42.6 cm³/mol. The third-order valence-corrected chi connectivity index (χ3v) is 2.23. The second-order valence-corrected chi connectivity index (χ2v) is 3.12. The number of amides is 1. The Hall–Kier alpha value is -1.57. The molecular weight excluding hydrogens is 172 g/mol. The van der Waals surface area contributed by atoms with Gasteiger partial charge in [-0.2, -0.15) is 5.26 Å². The van der Waals surface area contributed by atoms with E-state index in [4.69, 9.17) is 10.4 Å². The third-order valence-electron chi connectivity index (χ3n) is 2.23. The van der Waals surface area contributed by atoms with E-state index in [1.807, 2.05) is 0 Å². The minimum atomic E-state index is -1.09. The Morgan fingerprint density at radius 2 is 2.15 bits per heavy atom. The van der Waals surface area contributed by atoms with E-state index in [2.05, 4.69) is 5.32 Å². The summed E-state index contributed by atoms with van der Waals surface area (Å²) in [5.74, 6) is -1.52. The van der Waals surface area contributed by atoms with Gasteiger partial charge in [0.1, 0.15) is 12.0 Å². The van der Waals surface area contributed by atoms with E-state index in [0.717, 1.165) is 6.42 Å². The number of carbonyl (C=O) groups is 2. The van der Waals surface area contributed by atoms with Crippen LogP contribution >= 0.6 is 0 Å². The number of carbonyl (C=O) groups excluding carboxylic acids is 1. The topological polar surface area (TPSA) is 90.2 Å². The average Bonchev–Trinajstić information content (AvgIpc) is 1.96. The number of aliphatic carboxylic acids is 1. The minimum absolute atomic E-state index is 0.283. The van der Waals surface area contributed by atoms with Gasteiger partial charge < -0.3 is 10.4 Å². The van der Waals surface area contributed by atoms with Gasteiger partial charge in [0, 0.05) is 0 Å². The fourth-order valence-electron chi connectivity index (χ4n) is 1.31. The van der Waals surface area contributed by atoms with Crippen LogP contribution in [0.4, 0.5) is 0 Å². The van der Waals surface area contributed by atoms with Gasteiger partial charge in [-0.25, -0.2) is 4.79 Å². The first kappa shape index (κ1) is 9.52. The van der Waals surface area contributed by atoms with Crippen LogP contribution in [0.1, 0.15) is 25.7 Å². The molecule has 0 aromatic carbocycles. The van der Waals surface area contributed by atoms with Gasteiger partial charge in [0.2, 0.25) is 5.91 Å². The highest BCUT2D eigenvalue weighted by Crippen LogP contribution is 2.31. The van der Waals surface area contributed by atoms with Crippen molar-refractivity contribution in [3.8, 4) is 6.07 Å². The van der Waals surface area contributed by atoms with Gasteiger partial charge in [-0.05, 0) is 19.3 Å². The first-order valence-electron chi connectivity index (χ1n) is 4.02. The molecule has 0 bridgehead atoms. The Bertz CT molecular complexity index is 276. The molecule has 5 nitrogen and oxygen atoms in total. The molecule has 1 aliphatic carbocycles. The van der Waals surface area contributed by atoms with Gasteiger partial charge in [-0.3, -0.25) is 4.79 Å². The lowest BCUT2D eigenvalue weighted by Crippen LogP contribution is -2.59. The Labute approximate surface area is 75.3 Å². The smallest absolute Gasteiger partial charge is 0.329 e. The fraction of sp³-hybridized carbons (Fsp3) is 0.625. The van der Waals surface area contributed by atoms with Crippen LogP contribution in [0.15, 0.2) is 0 Å². The van der Waals surface area contributed by atoms with Crippen LogP contribution in [0, 0.1) is 11.3 Å². The molecule has 1 aliphatic rings. The Balaban J connectivity index is 2.55. The Kier molecular flexibility index (Phi) is 2.52. The molecular formula is C8H10N2O3. The van der Waals surface area contributed by atoms with Crippen molar-refractivity contribution in [3.05, 3.63) is 0 Å². The lowest BCUT2D eigenvalue weighted by atomic mass is 9.76. The summed E-state index contributed by atoms with van der Waals surface area (Å²) in [6, 6.07) is 1.67. The quantitative estimate of drug-likeness (QED) is 0.644. The van der Waals surface area contributed by atoms with Crippen LogP contribution in [-0.4, -0.2) is 22.5 Å². The number of carboxylic acid groups (broad SMARTS) is 1. The van der Waals surface area contributed by atoms with Crippen molar-refractivity contribution in [1.82, 2.24) is 5.32 Å². The zero-order chi connectivity index (χ0) is 9.90. The van der Waals surface area contributed by atoms with E-state index >= 15 is 0 Å². The van der Waals surface area contributed by atoms with Crippen molar-refractivity contribution in [2.75, 3.05) is 0 Å². The van der Waals surface area contributed by atoms with Crippen LogP contribution in [0.3, 0.4) is 0 Å². The van der Waals surface area contributed by atoms with Crippen molar-refractivity contribution >= 4 is 11.9 Å². The van der Waals surface area contributed by atoms with Crippen LogP contribution in [0.2, 0.25) is 0 Å². The summed E-state index contributed by atoms with van der Waals surface area (Å²) in [6.07, 6.45) is 1.44. The molecule has 0 aromatic rings. The first-order chi connectivity index (χ1) is 6.10. The number of rotatable bonds is 3. The molecule has 0 aliphatic heterocycles. The summed E-state index contributed by atoms with van der Waals surface area (Å²) >= 11 is 0. The van der Waals surface area contributed by atoms with E-state index in [1.165, 1.54) is 0 Å². The highest BCUT2D eigenvalue weighted by molar-refractivity contribution is 5.88. The van der Waals surface area contributed by atoms with E-state index < -0.39 is 17.4 Å². The van der Waals surface area contributed by atoms with Crippen molar-refractivity contribution in [1.29, 1.82) is 5.26 Å². The normalized spacial score (nSPS) is 18.1. The molecule has 2 N–H and O–H groups in total. The highest BCUT2D eigenvalue weighted by atomic mass is 16.4. The molecule has 70 valence electrons. The van der Waals surface area contributed by atoms with E-state index in [9.17, 15) is 9.59 Å². The van der Waals surface area contributed by atoms with Crippen LogP contribution in [0.25, 0.3) is 0 Å². The average molecular weight is 182 g/mol. The minimum Gasteiger partial charge on any atom is -0.480 e. The summed E-state index contributed by atoms with van der Waals surface area (Å²) in [5.41, 5.74) is -1.09. The van der Waals surface area contributed by atoms with Gasteiger partial charge >= 0.3 is 5.97 Å². The number of hydrogen-bond donors (Lipinski definition) is 2. The Morgan fingerprint density at radius 3 is 2.46 bits per heavy atom. The van der Waals surface area contributed by atoms with E-state index in [1.54, 1.807) is 6.07 Å². The Morgan fingerprint density at radius 1 is 1.54 bits per heavy atom. The third kappa shape index (κ3) is 1.78. The maximum Gasteiger partial charge on any atom is 0.329 e. The summed E-state index contributed by atoms with van der Waals surface area (Å²) in [5, 5.41) is 19.4. The van der Waals surface area contributed by atoms with E-state index in [0.29, 0.717) is 12.8 Å². The summed E-state index contributed by atoms with van der Waals surface area (Å²) in [6.45, 7) is 0. The molecule has 0 spiro atoms.